The van der Waals surface area contributed by atoms with Crippen molar-refractivity contribution in [2.24, 2.45) is 0 Å². The van der Waals surface area contributed by atoms with Gasteiger partial charge in [-0.15, -0.1) is 0 Å². The number of anilines is 6. The summed E-state index contributed by atoms with van der Waals surface area (Å²) in [6.07, 6.45) is 2.30. The maximum Gasteiger partial charge on any atom is 0.297 e. The monoisotopic (exact) mass is 869 g/mol. The fourth-order valence-electron chi connectivity index (χ4n) is 12.5. The van der Waals surface area contributed by atoms with E-state index in [0.29, 0.717) is 0 Å². The Bertz CT molecular complexity index is 3190. The van der Waals surface area contributed by atoms with Gasteiger partial charge in [0.15, 0.2) is 0 Å². The maximum atomic E-state index is 7.44. The zero-order valence-electron chi connectivity index (χ0n) is 42.6. The van der Waals surface area contributed by atoms with Gasteiger partial charge in [-0.3, -0.25) is 0 Å². The van der Waals surface area contributed by atoms with Crippen molar-refractivity contribution in [3.63, 3.8) is 0 Å². The normalized spacial score (nSPS) is 17.5. The molecular weight excluding hydrogens is 800 g/mol. The topological polar surface area (TPSA) is 19.6 Å². The molecule has 0 atom stereocenters. The lowest BCUT2D eigenvalue weighted by Gasteiger charge is -2.47. The minimum absolute atomic E-state index is 0.0214. The lowest BCUT2D eigenvalue weighted by Crippen LogP contribution is -2.61. The summed E-state index contributed by atoms with van der Waals surface area (Å²) in [5, 5.41) is 1.17. The Morgan fingerprint density at radius 2 is 1.17 bits per heavy atom. The number of hydrogen-bond donors (Lipinski definition) is 0. The largest absolute Gasteiger partial charge is 0.468 e. The zero-order valence-corrected chi connectivity index (χ0v) is 42.6. The predicted octanol–water partition coefficient (Wildman–Crippen LogP) is 15.4. The van der Waals surface area contributed by atoms with E-state index >= 15 is 0 Å². The molecule has 336 valence electrons. The van der Waals surface area contributed by atoms with Gasteiger partial charge in [-0.1, -0.05) is 158 Å². The average molecular weight is 869 g/mol. The van der Waals surface area contributed by atoms with Crippen LogP contribution in [0.5, 0.6) is 0 Å². The second kappa shape index (κ2) is 13.6. The highest BCUT2D eigenvalue weighted by Gasteiger charge is 2.51. The van der Waals surface area contributed by atoms with E-state index in [4.69, 9.17) is 4.42 Å². The Morgan fingerprint density at radius 3 is 1.80 bits per heavy atom. The first kappa shape index (κ1) is 43.1. The van der Waals surface area contributed by atoms with Crippen LogP contribution in [-0.4, -0.2) is 6.71 Å². The van der Waals surface area contributed by atoms with Crippen molar-refractivity contribution in [1.29, 1.82) is 0 Å². The van der Waals surface area contributed by atoms with E-state index in [2.05, 4.69) is 224 Å². The SMILES string of the molecule is Cc1cc2c3c(c1)N(c1ccc(C(C)(C)C)cc1)c1c(oc4ccc(C(C)(C)C)cc14)B3c1cc3c(cc1N2c1ccc(C(C)(C)C)c2c1C(C)(C)c1ccccc1-2)C(C)(C)CCC3(C)C. The molecule has 3 nitrogen and oxygen atoms in total. The van der Waals surface area contributed by atoms with Crippen molar-refractivity contribution >= 4 is 68.4 Å². The summed E-state index contributed by atoms with van der Waals surface area (Å²) in [7, 11) is 0. The zero-order chi connectivity index (χ0) is 47.0. The lowest BCUT2D eigenvalue weighted by molar-refractivity contribution is 0.332. The predicted molar refractivity (Wildman–Crippen MR) is 284 cm³/mol. The molecule has 4 heteroatoms. The van der Waals surface area contributed by atoms with Gasteiger partial charge in [-0.25, -0.2) is 0 Å². The van der Waals surface area contributed by atoms with Crippen LogP contribution in [0.1, 0.15) is 161 Å². The third kappa shape index (κ3) is 6.08. The Balaban J connectivity index is 1.29. The molecule has 2 aliphatic heterocycles. The van der Waals surface area contributed by atoms with E-state index in [-0.39, 0.29) is 39.2 Å². The number of aryl methyl sites for hydroxylation is 1. The van der Waals surface area contributed by atoms with E-state index in [9.17, 15) is 0 Å². The van der Waals surface area contributed by atoms with E-state index in [1.165, 1.54) is 94.7 Å². The first-order valence-corrected chi connectivity index (χ1v) is 24.7. The van der Waals surface area contributed by atoms with E-state index < -0.39 is 0 Å². The van der Waals surface area contributed by atoms with E-state index in [1.807, 2.05) is 0 Å². The molecule has 66 heavy (non-hydrogen) atoms. The second-order valence-electron chi connectivity index (χ2n) is 25.4. The Hall–Kier alpha value is -5.48. The summed E-state index contributed by atoms with van der Waals surface area (Å²) < 4.78 is 7.44. The van der Waals surface area contributed by atoms with E-state index in [1.54, 1.807) is 0 Å². The number of hydrogen-bond acceptors (Lipinski definition) is 3. The minimum Gasteiger partial charge on any atom is -0.468 e. The molecule has 0 N–H and O–H groups in total. The molecular formula is C62H69BN2O. The smallest absolute Gasteiger partial charge is 0.297 e. The van der Waals surface area contributed by atoms with Crippen molar-refractivity contribution in [2.75, 3.05) is 9.80 Å². The van der Waals surface area contributed by atoms with Crippen LogP contribution in [-0.2, 0) is 32.5 Å². The Kier molecular flexibility index (Phi) is 8.87. The Labute approximate surface area is 395 Å². The molecule has 0 fully saturated rings. The van der Waals surface area contributed by atoms with Gasteiger partial charge in [-0.05, 0) is 162 Å². The highest BCUT2D eigenvalue weighted by Crippen LogP contribution is 2.59. The van der Waals surface area contributed by atoms with Crippen LogP contribution in [0.4, 0.5) is 34.1 Å². The molecule has 0 spiro atoms. The van der Waals surface area contributed by atoms with Crippen LogP contribution in [0.15, 0.2) is 108 Å². The maximum absolute atomic E-state index is 7.44. The molecule has 1 aromatic heterocycles. The van der Waals surface area contributed by atoms with Crippen molar-refractivity contribution in [2.45, 2.75) is 156 Å². The number of benzene rings is 6. The standard InChI is InChI=1S/C62H69BN2O/c1-36-31-49-54-50(32-36)65(47-27-26-43(59(8,9)10)52-40-19-17-18-20-42(40)62(15,16)53(47)52)48-35-45-44(60(11,12)29-30-61(45,13)14)34-46(48)63(54)56-55(41-33-38(58(5,6)7)23-28-51(41)66-56)64(49)39-24-21-37(22-25-39)57(2,3)4/h17-28,31-35H,29-30H2,1-16H3. The van der Waals surface area contributed by atoms with Gasteiger partial charge < -0.3 is 14.2 Å². The summed E-state index contributed by atoms with van der Waals surface area (Å²) in [6.45, 7) is 38.0. The molecule has 0 amide bonds. The van der Waals surface area contributed by atoms with Crippen LogP contribution in [0, 0.1) is 6.92 Å². The minimum atomic E-state index is -0.240. The molecule has 4 aliphatic rings. The Morgan fingerprint density at radius 1 is 0.561 bits per heavy atom. The third-order valence-corrected chi connectivity index (χ3v) is 16.4. The van der Waals surface area contributed by atoms with Crippen molar-refractivity contribution in [3.8, 4) is 11.1 Å². The summed E-state index contributed by atoms with van der Waals surface area (Å²) >= 11 is 0. The van der Waals surface area contributed by atoms with Crippen molar-refractivity contribution in [3.05, 3.63) is 148 Å². The first-order chi connectivity index (χ1) is 30.8. The number of furan rings is 1. The second-order valence-corrected chi connectivity index (χ2v) is 25.4. The van der Waals surface area contributed by atoms with Crippen LogP contribution < -0.4 is 26.4 Å². The summed E-state index contributed by atoms with van der Waals surface area (Å²) in [6, 6.07) is 40.7. The molecule has 2 aliphatic carbocycles. The lowest BCUT2D eigenvalue weighted by atomic mass is 9.35. The third-order valence-electron chi connectivity index (χ3n) is 16.4. The van der Waals surface area contributed by atoms with Gasteiger partial charge in [0.1, 0.15) is 5.58 Å². The molecule has 0 bridgehead atoms. The van der Waals surface area contributed by atoms with Gasteiger partial charge in [0.2, 0.25) is 0 Å². The van der Waals surface area contributed by atoms with Crippen LogP contribution in [0.3, 0.4) is 0 Å². The summed E-state index contributed by atoms with van der Waals surface area (Å²) in [4.78, 5) is 5.27. The number of nitrogens with zero attached hydrogens (tertiary/aromatic N) is 2. The fourth-order valence-corrected chi connectivity index (χ4v) is 12.5. The molecule has 0 saturated carbocycles. The highest BCUT2D eigenvalue weighted by atomic mass is 16.3. The highest BCUT2D eigenvalue weighted by molar-refractivity contribution is 7.00. The van der Waals surface area contributed by atoms with Gasteiger partial charge >= 0.3 is 0 Å². The molecule has 0 unspecified atom stereocenters. The first-order valence-electron chi connectivity index (χ1n) is 24.7. The number of fused-ring (bicyclic) bond motifs is 10. The van der Waals surface area contributed by atoms with Gasteiger partial charge in [0.25, 0.3) is 6.71 Å². The van der Waals surface area contributed by atoms with Crippen LogP contribution >= 0.6 is 0 Å². The molecule has 3 heterocycles. The molecule has 6 aromatic carbocycles. The van der Waals surface area contributed by atoms with Crippen LogP contribution in [0.25, 0.3) is 22.1 Å². The number of rotatable bonds is 2. The fraction of sp³-hybridized carbons (Fsp3) is 0.387. The van der Waals surface area contributed by atoms with Gasteiger partial charge in [0, 0.05) is 33.6 Å². The molecule has 0 saturated heterocycles. The van der Waals surface area contributed by atoms with Crippen LogP contribution in [0.2, 0.25) is 0 Å². The summed E-state index contributed by atoms with van der Waals surface area (Å²) in [5.74, 6) is 0. The molecule has 7 aromatic rings. The van der Waals surface area contributed by atoms with Crippen molar-refractivity contribution in [1.82, 2.24) is 0 Å². The van der Waals surface area contributed by atoms with E-state index in [0.717, 1.165) is 35.5 Å². The van der Waals surface area contributed by atoms with Gasteiger partial charge in [-0.2, -0.15) is 0 Å². The van der Waals surface area contributed by atoms with Crippen molar-refractivity contribution < 1.29 is 4.42 Å². The molecule has 11 rings (SSSR count). The summed E-state index contributed by atoms with van der Waals surface area (Å²) in [5.41, 5.74) is 25.5. The quantitative estimate of drug-likeness (QED) is 0.161. The average Bonchev–Trinajstić information content (AvgIpc) is 3.73. The molecule has 0 radical (unpaired) electrons. The van der Waals surface area contributed by atoms with Gasteiger partial charge in [0.05, 0.1) is 17.0 Å².